The van der Waals surface area contributed by atoms with Crippen LogP contribution < -0.4 is 5.32 Å². The highest BCUT2D eigenvalue weighted by atomic mass is 14.9. The van der Waals surface area contributed by atoms with Crippen LogP contribution in [-0.4, -0.2) is 11.5 Å². The average molecular weight is 190 g/mol. The van der Waals surface area contributed by atoms with E-state index in [-0.39, 0.29) is 0 Å². The van der Waals surface area contributed by atoms with Gasteiger partial charge in [-0.1, -0.05) is 19.8 Å². The molecule has 1 aliphatic rings. The monoisotopic (exact) mass is 190 g/mol. The fourth-order valence-corrected chi connectivity index (χ4v) is 1.87. The third kappa shape index (κ3) is 2.55. The van der Waals surface area contributed by atoms with Gasteiger partial charge in [0.05, 0.1) is 0 Å². The summed E-state index contributed by atoms with van der Waals surface area (Å²) in [5, 5.41) is 3.54. The van der Waals surface area contributed by atoms with E-state index in [1.54, 1.807) is 0 Å². The molecule has 1 atom stereocenters. The van der Waals surface area contributed by atoms with Crippen molar-refractivity contribution in [1.82, 2.24) is 10.3 Å². The Hall–Kier alpha value is -0.890. The molecule has 1 heterocycles. The predicted molar refractivity (Wildman–Crippen MR) is 58.0 cm³/mol. The quantitative estimate of drug-likeness (QED) is 0.771. The molecule has 0 amide bonds. The van der Waals surface area contributed by atoms with Gasteiger partial charge in [0, 0.05) is 18.4 Å². The number of hydrogen-bond donors (Lipinski definition) is 1. The van der Waals surface area contributed by atoms with Crippen LogP contribution in [0.5, 0.6) is 0 Å². The standard InChI is InChI=1S/C12H18N2/c1-2-14-12(9-10-3-4-10)11-5-7-13-8-6-11/h5-8,10,12,14H,2-4,9H2,1H3. The van der Waals surface area contributed by atoms with Gasteiger partial charge in [0.25, 0.3) is 0 Å². The fraction of sp³-hybridized carbons (Fsp3) is 0.583. The molecular formula is C12H18N2. The molecule has 14 heavy (non-hydrogen) atoms. The second kappa shape index (κ2) is 4.56. The van der Waals surface area contributed by atoms with Gasteiger partial charge in [-0.25, -0.2) is 0 Å². The first-order chi connectivity index (χ1) is 6.90. The maximum Gasteiger partial charge on any atom is 0.0323 e. The van der Waals surface area contributed by atoms with Crippen LogP contribution in [0, 0.1) is 5.92 Å². The third-order valence-electron chi connectivity index (χ3n) is 2.82. The molecule has 2 heteroatoms. The maximum atomic E-state index is 4.05. The van der Waals surface area contributed by atoms with Crippen LogP contribution in [0.25, 0.3) is 0 Å². The van der Waals surface area contributed by atoms with Crippen molar-refractivity contribution in [3.8, 4) is 0 Å². The van der Waals surface area contributed by atoms with Crippen molar-refractivity contribution in [2.45, 2.75) is 32.2 Å². The molecule has 1 saturated carbocycles. The van der Waals surface area contributed by atoms with E-state index in [0.29, 0.717) is 6.04 Å². The summed E-state index contributed by atoms with van der Waals surface area (Å²) in [7, 11) is 0. The molecule has 1 unspecified atom stereocenters. The van der Waals surface area contributed by atoms with Gasteiger partial charge in [-0.15, -0.1) is 0 Å². The van der Waals surface area contributed by atoms with Crippen molar-refractivity contribution < 1.29 is 0 Å². The summed E-state index contributed by atoms with van der Waals surface area (Å²) in [6.45, 7) is 3.21. The molecule has 0 radical (unpaired) electrons. The van der Waals surface area contributed by atoms with Crippen LogP contribution in [0.3, 0.4) is 0 Å². The summed E-state index contributed by atoms with van der Waals surface area (Å²) in [5.41, 5.74) is 1.38. The van der Waals surface area contributed by atoms with Gasteiger partial charge in [0.2, 0.25) is 0 Å². The Labute approximate surface area is 85.7 Å². The Morgan fingerprint density at radius 1 is 1.43 bits per heavy atom. The van der Waals surface area contributed by atoms with Crippen molar-refractivity contribution >= 4 is 0 Å². The Balaban J connectivity index is 2.01. The minimum atomic E-state index is 0.537. The molecule has 1 fully saturated rings. The van der Waals surface area contributed by atoms with Gasteiger partial charge in [0.1, 0.15) is 0 Å². The number of hydrogen-bond acceptors (Lipinski definition) is 2. The minimum Gasteiger partial charge on any atom is -0.310 e. The van der Waals surface area contributed by atoms with E-state index in [1.165, 1.54) is 24.8 Å². The highest BCUT2D eigenvalue weighted by molar-refractivity contribution is 5.15. The maximum absolute atomic E-state index is 4.05. The van der Waals surface area contributed by atoms with Crippen molar-refractivity contribution in [1.29, 1.82) is 0 Å². The first-order valence-electron chi connectivity index (χ1n) is 5.53. The van der Waals surface area contributed by atoms with E-state index in [9.17, 15) is 0 Å². The molecule has 0 aliphatic heterocycles. The lowest BCUT2D eigenvalue weighted by molar-refractivity contribution is 0.486. The van der Waals surface area contributed by atoms with Crippen molar-refractivity contribution in [3.63, 3.8) is 0 Å². The predicted octanol–water partition coefficient (Wildman–Crippen LogP) is 2.53. The number of pyridine rings is 1. The lowest BCUT2D eigenvalue weighted by Gasteiger charge is -2.17. The second-order valence-electron chi connectivity index (χ2n) is 4.07. The van der Waals surface area contributed by atoms with E-state index in [0.717, 1.165) is 12.5 Å². The van der Waals surface area contributed by atoms with E-state index in [1.807, 2.05) is 12.4 Å². The number of rotatable bonds is 5. The SMILES string of the molecule is CCNC(CC1CC1)c1ccncc1. The lowest BCUT2D eigenvalue weighted by Crippen LogP contribution is -2.21. The third-order valence-corrected chi connectivity index (χ3v) is 2.82. The molecule has 0 saturated heterocycles. The summed E-state index contributed by atoms with van der Waals surface area (Å²) in [6, 6.07) is 4.78. The zero-order chi connectivity index (χ0) is 9.80. The van der Waals surface area contributed by atoms with E-state index in [4.69, 9.17) is 0 Å². The largest absolute Gasteiger partial charge is 0.310 e. The summed E-state index contributed by atoms with van der Waals surface area (Å²) in [5.74, 6) is 0.965. The van der Waals surface area contributed by atoms with Crippen LogP contribution in [-0.2, 0) is 0 Å². The zero-order valence-electron chi connectivity index (χ0n) is 8.74. The molecule has 2 nitrogen and oxygen atoms in total. The summed E-state index contributed by atoms with van der Waals surface area (Å²) in [6.07, 6.45) is 7.90. The Morgan fingerprint density at radius 2 is 2.14 bits per heavy atom. The number of aromatic nitrogens is 1. The van der Waals surface area contributed by atoms with E-state index >= 15 is 0 Å². The summed E-state index contributed by atoms with van der Waals surface area (Å²) in [4.78, 5) is 4.05. The lowest BCUT2D eigenvalue weighted by atomic mass is 10.0. The molecule has 1 N–H and O–H groups in total. The minimum absolute atomic E-state index is 0.537. The molecular weight excluding hydrogens is 172 g/mol. The van der Waals surface area contributed by atoms with Gasteiger partial charge >= 0.3 is 0 Å². The topological polar surface area (TPSA) is 24.9 Å². The van der Waals surface area contributed by atoms with Crippen LogP contribution in [0.2, 0.25) is 0 Å². The van der Waals surface area contributed by atoms with Gasteiger partial charge in [0.15, 0.2) is 0 Å². The first-order valence-corrected chi connectivity index (χ1v) is 5.53. The summed E-state index contributed by atoms with van der Waals surface area (Å²) < 4.78 is 0. The molecule has 0 bridgehead atoms. The first kappa shape index (κ1) is 9.66. The molecule has 1 aliphatic carbocycles. The number of nitrogens with one attached hydrogen (secondary N) is 1. The van der Waals surface area contributed by atoms with Crippen molar-refractivity contribution in [3.05, 3.63) is 30.1 Å². The molecule has 1 aromatic heterocycles. The van der Waals surface area contributed by atoms with Gasteiger partial charge in [-0.2, -0.15) is 0 Å². The normalized spacial score (nSPS) is 18.1. The second-order valence-corrected chi connectivity index (χ2v) is 4.07. The fourth-order valence-electron chi connectivity index (χ4n) is 1.87. The van der Waals surface area contributed by atoms with E-state index < -0.39 is 0 Å². The molecule has 0 spiro atoms. The highest BCUT2D eigenvalue weighted by Gasteiger charge is 2.25. The van der Waals surface area contributed by atoms with Crippen LogP contribution >= 0.6 is 0 Å². The smallest absolute Gasteiger partial charge is 0.0323 e. The molecule has 76 valence electrons. The Kier molecular flexibility index (Phi) is 3.14. The van der Waals surface area contributed by atoms with Crippen LogP contribution in [0.15, 0.2) is 24.5 Å². The molecule has 0 aromatic carbocycles. The van der Waals surface area contributed by atoms with Crippen LogP contribution in [0.1, 0.15) is 37.8 Å². The molecule has 2 rings (SSSR count). The van der Waals surface area contributed by atoms with E-state index in [2.05, 4.69) is 29.4 Å². The Bertz CT molecular complexity index is 267. The number of nitrogens with zero attached hydrogens (tertiary/aromatic N) is 1. The van der Waals surface area contributed by atoms with Crippen molar-refractivity contribution in [2.24, 2.45) is 5.92 Å². The Morgan fingerprint density at radius 3 is 2.71 bits per heavy atom. The van der Waals surface area contributed by atoms with Crippen LogP contribution in [0.4, 0.5) is 0 Å². The molecule has 1 aromatic rings. The van der Waals surface area contributed by atoms with Gasteiger partial charge in [-0.3, -0.25) is 4.98 Å². The van der Waals surface area contributed by atoms with Gasteiger partial charge < -0.3 is 5.32 Å². The average Bonchev–Trinajstić information content (AvgIpc) is 3.03. The van der Waals surface area contributed by atoms with Gasteiger partial charge in [-0.05, 0) is 36.6 Å². The van der Waals surface area contributed by atoms with Crippen molar-refractivity contribution in [2.75, 3.05) is 6.54 Å². The summed E-state index contributed by atoms with van der Waals surface area (Å²) >= 11 is 0. The highest BCUT2D eigenvalue weighted by Crippen LogP contribution is 2.37. The zero-order valence-corrected chi connectivity index (χ0v) is 8.74.